The summed E-state index contributed by atoms with van der Waals surface area (Å²) >= 11 is 2.09. The maximum absolute atomic E-state index is 12.2. The monoisotopic (exact) mass is 446 g/mol. The standard InChI is InChI=1S/C15H15IN2O4S/c1-18(22-2)23(20,21)12-9-7-11(8-10-12)17-15(19)13-5-3-4-6-14(13)16/h3-10H,1-2H3,(H,17,19). The predicted octanol–water partition coefficient (Wildman–Crippen LogP) is 2.73. The number of nitrogens with one attached hydrogen (secondary N) is 1. The van der Waals surface area contributed by atoms with E-state index in [9.17, 15) is 13.2 Å². The summed E-state index contributed by atoms with van der Waals surface area (Å²) in [4.78, 5) is 17.0. The minimum Gasteiger partial charge on any atom is -0.322 e. The molecule has 0 unspecified atom stereocenters. The zero-order valence-corrected chi connectivity index (χ0v) is 15.5. The molecule has 0 spiro atoms. The second-order valence-electron chi connectivity index (χ2n) is 4.56. The van der Waals surface area contributed by atoms with Crippen LogP contribution in [0.1, 0.15) is 10.4 Å². The molecule has 2 aromatic carbocycles. The second-order valence-corrected chi connectivity index (χ2v) is 7.65. The Balaban J connectivity index is 2.18. The van der Waals surface area contributed by atoms with Crippen molar-refractivity contribution in [3.63, 3.8) is 0 Å². The van der Waals surface area contributed by atoms with E-state index in [4.69, 9.17) is 4.84 Å². The third-order valence-electron chi connectivity index (χ3n) is 3.12. The smallest absolute Gasteiger partial charge is 0.264 e. The molecule has 0 saturated heterocycles. The summed E-state index contributed by atoms with van der Waals surface area (Å²) in [5.74, 6) is -0.250. The number of rotatable bonds is 5. The van der Waals surface area contributed by atoms with Gasteiger partial charge in [0.2, 0.25) is 0 Å². The molecule has 0 heterocycles. The lowest BCUT2D eigenvalue weighted by Gasteiger charge is -2.14. The number of carbonyl (C=O) groups excluding carboxylic acids is 1. The van der Waals surface area contributed by atoms with E-state index < -0.39 is 10.0 Å². The first-order valence-electron chi connectivity index (χ1n) is 6.55. The number of hydrogen-bond donors (Lipinski definition) is 1. The highest BCUT2D eigenvalue weighted by Crippen LogP contribution is 2.19. The van der Waals surface area contributed by atoms with Crippen LogP contribution >= 0.6 is 22.6 Å². The Labute approximate surface area is 148 Å². The zero-order chi connectivity index (χ0) is 17.0. The van der Waals surface area contributed by atoms with Gasteiger partial charge in [-0.05, 0) is 59.0 Å². The van der Waals surface area contributed by atoms with Crippen molar-refractivity contribution >= 4 is 44.2 Å². The van der Waals surface area contributed by atoms with Crippen LogP contribution in [-0.2, 0) is 14.9 Å². The van der Waals surface area contributed by atoms with E-state index in [1.165, 1.54) is 38.4 Å². The highest BCUT2D eigenvalue weighted by atomic mass is 127. The summed E-state index contributed by atoms with van der Waals surface area (Å²) in [6.07, 6.45) is 0. The van der Waals surface area contributed by atoms with Gasteiger partial charge in [0.25, 0.3) is 15.9 Å². The highest BCUT2D eigenvalue weighted by Gasteiger charge is 2.20. The molecular formula is C15H15IN2O4S. The van der Waals surface area contributed by atoms with Crippen molar-refractivity contribution < 1.29 is 18.0 Å². The van der Waals surface area contributed by atoms with Gasteiger partial charge in [-0.15, -0.1) is 0 Å². The number of hydrogen-bond acceptors (Lipinski definition) is 4. The quantitative estimate of drug-likeness (QED) is 0.566. The molecule has 23 heavy (non-hydrogen) atoms. The maximum Gasteiger partial charge on any atom is 0.264 e. The molecule has 0 fully saturated rings. The minimum atomic E-state index is -3.70. The average Bonchev–Trinajstić information content (AvgIpc) is 2.54. The van der Waals surface area contributed by atoms with Gasteiger partial charge in [0.15, 0.2) is 0 Å². The van der Waals surface area contributed by atoms with Crippen LogP contribution in [0.15, 0.2) is 53.4 Å². The molecule has 0 bridgehead atoms. The number of anilines is 1. The van der Waals surface area contributed by atoms with Gasteiger partial charge in [0.05, 0.1) is 17.6 Å². The van der Waals surface area contributed by atoms with E-state index in [-0.39, 0.29) is 10.8 Å². The Morgan fingerprint density at radius 1 is 1.13 bits per heavy atom. The van der Waals surface area contributed by atoms with Crippen molar-refractivity contribution in [2.75, 3.05) is 19.5 Å². The molecule has 0 aromatic heterocycles. The molecule has 1 amide bonds. The van der Waals surface area contributed by atoms with E-state index in [1.807, 2.05) is 12.1 Å². The van der Waals surface area contributed by atoms with Crippen molar-refractivity contribution in [2.45, 2.75) is 4.90 Å². The normalized spacial score (nSPS) is 11.5. The van der Waals surface area contributed by atoms with Crippen LogP contribution in [0.2, 0.25) is 0 Å². The molecule has 0 atom stereocenters. The number of benzene rings is 2. The number of sulfonamides is 1. The van der Waals surface area contributed by atoms with E-state index in [1.54, 1.807) is 12.1 Å². The van der Waals surface area contributed by atoms with Gasteiger partial charge in [-0.2, -0.15) is 0 Å². The van der Waals surface area contributed by atoms with Crippen LogP contribution in [0.3, 0.4) is 0 Å². The second kappa shape index (κ2) is 7.39. The van der Waals surface area contributed by atoms with Crippen LogP contribution in [0, 0.1) is 3.57 Å². The lowest BCUT2D eigenvalue weighted by Crippen LogP contribution is -2.25. The summed E-state index contributed by atoms with van der Waals surface area (Å²) in [5.41, 5.74) is 1.07. The molecule has 8 heteroatoms. The summed E-state index contributed by atoms with van der Waals surface area (Å²) in [6.45, 7) is 0. The fourth-order valence-electron chi connectivity index (χ4n) is 1.80. The Morgan fingerprint density at radius 3 is 2.30 bits per heavy atom. The molecule has 1 N–H and O–H groups in total. The van der Waals surface area contributed by atoms with E-state index in [0.717, 1.165) is 8.04 Å². The van der Waals surface area contributed by atoms with Gasteiger partial charge >= 0.3 is 0 Å². The predicted molar refractivity (Wildman–Crippen MR) is 95.5 cm³/mol. The Bertz CT molecular complexity index is 806. The van der Waals surface area contributed by atoms with Crippen LogP contribution in [0.4, 0.5) is 5.69 Å². The first-order valence-corrected chi connectivity index (χ1v) is 9.07. The van der Waals surface area contributed by atoms with E-state index in [2.05, 4.69) is 27.9 Å². The lowest BCUT2D eigenvalue weighted by molar-refractivity contribution is -0.0258. The molecule has 2 rings (SSSR count). The van der Waals surface area contributed by atoms with Crippen molar-refractivity contribution in [3.8, 4) is 0 Å². The highest BCUT2D eigenvalue weighted by molar-refractivity contribution is 14.1. The number of hydroxylamine groups is 1. The fourth-order valence-corrected chi connectivity index (χ4v) is 3.41. The average molecular weight is 446 g/mol. The molecule has 0 radical (unpaired) electrons. The number of nitrogens with zero attached hydrogens (tertiary/aromatic N) is 1. The van der Waals surface area contributed by atoms with Crippen molar-refractivity contribution in [1.29, 1.82) is 0 Å². The first-order chi connectivity index (χ1) is 10.9. The molecule has 0 saturated carbocycles. The molecule has 6 nitrogen and oxygen atoms in total. The SMILES string of the molecule is CON(C)S(=O)(=O)c1ccc(NC(=O)c2ccccc2I)cc1. The van der Waals surface area contributed by atoms with Crippen LogP contribution in [0.5, 0.6) is 0 Å². The minimum absolute atomic E-state index is 0.0779. The molecule has 122 valence electrons. The molecular weight excluding hydrogens is 431 g/mol. The summed E-state index contributed by atoms with van der Waals surface area (Å²) in [5, 5.41) is 2.74. The maximum atomic E-state index is 12.2. The topological polar surface area (TPSA) is 75.7 Å². The van der Waals surface area contributed by atoms with E-state index >= 15 is 0 Å². The lowest BCUT2D eigenvalue weighted by atomic mass is 10.2. The summed E-state index contributed by atoms with van der Waals surface area (Å²) in [6, 6.07) is 13.1. The Morgan fingerprint density at radius 2 is 1.74 bits per heavy atom. The molecule has 0 aliphatic heterocycles. The van der Waals surface area contributed by atoms with Gasteiger partial charge in [0, 0.05) is 16.3 Å². The third kappa shape index (κ3) is 4.08. The molecule has 2 aromatic rings. The Kier molecular flexibility index (Phi) is 5.74. The Hall–Kier alpha value is -1.49. The largest absolute Gasteiger partial charge is 0.322 e. The van der Waals surface area contributed by atoms with Gasteiger partial charge < -0.3 is 5.32 Å². The van der Waals surface area contributed by atoms with Crippen LogP contribution in [0.25, 0.3) is 0 Å². The van der Waals surface area contributed by atoms with Crippen LogP contribution < -0.4 is 5.32 Å². The number of amides is 1. The van der Waals surface area contributed by atoms with Crippen molar-refractivity contribution in [2.24, 2.45) is 0 Å². The third-order valence-corrected chi connectivity index (χ3v) is 5.76. The zero-order valence-electron chi connectivity index (χ0n) is 12.5. The van der Waals surface area contributed by atoms with Gasteiger partial charge in [-0.3, -0.25) is 9.63 Å². The number of carbonyl (C=O) groups is 1. The van der Waals surface area contributed by atoms with Crippen molar-refractivity contribution in [3.05, 3.63) is 57.7 Å². The van der Waals surface area contributed by atoms with E-state index in [0.29, 0.717) is 11.3 Å². The summed E-state index contributed by atoms with van der Waals surface area (Å²) < 4.78 is 25.8. The van der Waals surface area contributed by atoms with Gasteiger partial charge in [-0.1, -0.05) is 16.6 Å². The van der Waals surface area contributed by atoms with Gasteiger partial charge in [0.1, 0.15) is 0 Å². The molecule has 0 aliphatic rings. The summed E-state index contributed by atoms with van der Waals surface area (Å²) in [7, 11) is -1.12. The van der Waals surface area contributed by atoms with Crippen molar-refractivity contribution in [1.82, 2.24) is 4.47 Å². The fraction of sp³-hybridized carbons (Fsp3) is 0.133. The van der Waals surface area contributed by atoms with Crippen LogP contribution in [-0.4, -0.2) is 33.0 Å². The first kappa shape index (κ1) is 17.9. The number of halogens is 1. The van der Waals surface area contributed by atoms with Gasteiger partial charge in [-0.25, -0.2) is 8.42 Å². The molecule has 0 aliphatic carbocycles.